The Morgan fingerprint density at radius 2 is 2.24 bits per heavy atom. The number of hydrogen-bond donors (Lipinski definition) is 1. The van der Waals surface area contributed by atoms with E-state index in [4.69, 9.17) is 0 Å². The Kier molecular flexibility index (Phi) is 4.14. The Bertz CT molecular complexity index is 368. The fourth-order valence-corrected chi connectivity index (χ4v) is 2.15. The molecular weight excluding hydrogens is 216 g/mol. The van der Waals surface area contributed by atoms with E-state index in [1.165, 1.54) is 0 Å². The van der Waals surface area contributed by atoms with Crippen LogP contribution >= 0.6 is 0 Å². The third-order valence-corrected chi connectivity index (χ3v) is 3.16. The number of likely N-dealkylation sites (tertiary alicyclic amines) is 1. The molecule has 0 bridgehead atoms. The molecule has 0 atom stereocenters. The Morgan fingerprint density at radius 1 is 1.47 bits per heavy atom. The molecule has 0 saturated carbocycles. The molecule has 5 heteroatoms. The summed E-state index contributed by atoms with van der Waals surface area (Å²) >= 11 is 0. The fraction of sp³-hybridized carbons (Fsp3) is 0.667. The zero-order chi connectivity index (χ0) is 12.1. The van der Waals surface area contributed by atoms with Crippen molar-refractivity contribution in [3.05, 3.63) is 18.2 Å². The van der Waals surface area contributed by atoms with Crippen molar-refractivity contribution in [3.63, 3.8) is 0 Å². The summed E-state index contributed by atoms with van der Waals surface area (Å²) in [6, 6.07) is 0. The molecule has 17 heavy (non-hydrogen) atoms. The van der Waals surface area contributed by atoms with E-state index in [0.29, 0.717) is 13.1 Å². The van der Waals surface area contributed by atoms with E-state index in [-0.39, 0.29) is 5.91 Å². The van der Waals surface area contributed by atoms with Gasteiger partial charge in [-0.3, -0.25) is 4.79 Å². The quantitative estimate of drug-likeness (QED) is 0.815. The minimum atomic E-state index is 0.206. The van der Waals surface area contributed by atoms with Gasteiger partial charge in [-0.25, -0.2) is 4.98 Å². The van der Waals surface area contributed by atoms with Crippen LogP contribution in [0.4, 0.5) is 0 Å². The first-order valence-corrected chi connectivity index (χ1v) is 6.29. The lowest BCUT2D eigenvalue weighted by Gasteiger charge is -2.15. The Balaban J connectivity index is 1.73. The third-order valence-electron chi connectivity index (χ3n) is 3.16. The highest BCUT2D eigenvalue weighted by Crippen LogP contribution is 2.06. The van der Waals surface area contributed by atoms with Crippen molar-refractivity contribution in [1.82, 2.24) is 19.8 Å². The van der Waals surface area contributed by atoms with Crippen LogP contribution in [0.15, 0.2) is 12.4 Å². The Morgan fingerprint density at radius 3 is 2.94 bits per heavy atom. The van der Waals surface area contributed by atoms with Crippen molar-refractivity contribution in [3.8, 4) is 0 Å². The molecule has 1 aromatic rings. The minimum Gasteiger partial charge on any atom is -0.342 e. The number of nitrogens with zero attached hydrogens (tertiary/aromatic N) is 3. The first kappa shape index (κ1) is 12.1. The van der Waals surface area contributed by atoms with Gasteiger partial charge in [-0.05, 0) is 19.8 Å². The summed E-state index contributed by atoms with van der Waals surface area (Å²) in [6.45, 7) is 5.91. The molecule has 1 fully saturated rings. The largest absolute Gasteiger partial charge is 0.342 e. The first-order chi connectivity index (χ1) is 8.31. The highest BCUT2D eigenvalue weighted by atomic mass is 16.2. The van der Waals surface area contributed by atoms with Gasteiger partial charge in [0.05, 0.1) is 13.1 Å². The van der Waals surface area contributed by atoms with Gasteiger partial charge in [0.1, 0.15) is 5.82 Å². The second-order valence-electron chi connectivity index (χ2n) is 4.32. The molecular formula is C12H20N4O. The molecule has 1 saturated heterocycles. The molecule has 1 amide bonds. The van der Waals surface area contributed by atoms with Crippen LogP contribution in [-0.2, 0) is 17.9 Å². The van der Waals surface area contributed by atoms with Crippen molar-refractivity contribution in [1.29, 1.82) is 0 Å². The van der Waals surface area contributed by atoms with Gasteiger partial charge in [-0.15, -0.1) is 0 Å². The van der Waals surface area contributed by atoms with Crippen LogP contribution in [0.25, 0.3) is 0 Å². The maximum Gasteiger partial charge on any atom is 0.236 e. The molecule has 5 nitrogen and oxygen atoms in total. The minimum absolute atomic E-state index is 0.206. The standard InChI is InChI=1S/C12H20N4O/c1-2-15-8-5-14-11(15)9-13-10-12(17)16-6-3-4-7-16/h5,8,13H,2-4,6-7,9-10H2,1H3. The van der Waals surface area contributed by atoms with Gasteiger partial charge in [0.25, 0.3) is 0 Å². The van der Waals surface area contributed by atoms with Gasteiger partial charge in [0, 0.05) is 32.0 Å². The van der Waals surface area contributed by atoms with Gasteiger partial charge < -0.3 is 14.8 Å². The van der Waals surface area contributed by atoms with Crippen molar-refractivity contribution >= 4 is 5.91 Å². The van der Waals surface area contributed by atoms with Gasteiger partial charge >= 0.3 is 0 Å². The number of amides is 1. The highest BCUT2D eigenvalue weighted by molar-refractivity contribution is 5.78. The molecule has 0 unspecified atom stereocenters. The van der Waals surface area contributed by atoms with E-state index in [1.54, 1.807) is 6.20 Å². The van der Waals surface area contributed by atoms with Crippen LogP contribution in [0.5, 0.6) is 0 Å². The van der Waals surface area contributed by atoms with E-state index in [0.717, 1.165) is 38.3 Å². The van der Waals surface area contributed by atoms with E-state index < -0.39 is 0 Å². The molecule has 0 radical (unpaired) electrons. The molecule has 94 valence electrons. The third kappa shape index (κ3) is 3.06. The van der Waals surface area contributed by atoms with Crippen LogP contribution in [-0.4, -0.2) is 40.0 Å². The van der Waals surface area contributed by atoms with E-state index in [2.05, 4.69) is 21.8 Å². The Hall–Kier alpha value is -1.36. The van der Waals surface area contributed by atoms with E-state index in [1.807, 2.05) is 11.1 Å². The predicted molar refractivity (Wildman–Crippen MR) is 65.4 cm³/mol. The number of hydrogen-bond acceptors (Lipinski definition) is 3. The number of imidazole rings is 1. The second kappa shape index (κ2) is 5.82. The van der Waals surface area contributed by atoms with Crippen LogP contribution in [0.2, 0.25) is 0 Å². The molecule has 1 aliphatic rings. The van der Waals surface area contributed by atoms with Crippen LogP contribution in [0.1, 0.15) is 25.6 Å². The number of carbonyl (C=O) groups excluding carboxylic acids is 1. The van der Waals surface area contributed by atoms with Crippen LogP contribution in [0, 0.1) is 0 Å². The molecule has 1 aliphatic heterocycles. The lowest BCUT2D eigenvalue weighted by molar-refractivity contribution is -0.129. The maximum absolute atomic E-state index is 11.8. The summed E-state index contributed by atoms with van der Waals surface area (Å²) in [5.41, 5.74) is 0. The van der Waals surface area contributed by atoms with Gasteiger partial charge in [-0.2, -0.15) is 0 Å². The highest BCUT2D eigenvalue weighted by Gasteiger charge is 2.17. The fourth-order valence-electron chi connectivity index (χ4n) is 2.15. The van der Waals surface area contributed by atoms with Gasteiger partial charge in [-0.1, -0.05) is 0 Å². The van der Waals surface area contributed by atoms with Crippen LogP contribution < -0.4 is 5.32 Å². The summed E-state index contributed by atoms with van der Waals surface area (Å²) in [5.74, 6) is 1.19. The van der Waals surface area contributed by atoms with Crippen LogP contribution in [0.3, 0.4) is 0 Å². The maximum atomic E-state index is 11.8. The molecule has 0 aromatic carbocycles. The lowest BCUT2D eigenvalue weighted by atomic mass is 10.4. The van der Waals surface area contributed by atoms with E-state index in [9.17, 15) is 4.79 Å². The number of aryl methyl sites for hydroxylation is 1. The second-order valence-corrected chi connectivity index (χ2v) is 4.32. The topological polar surface area (TPSA) is 50.2 Å². The summed E-state index contributed by atoms with van der Waals surface area (Å²) in [6.07, 6.45) is 6.04. The molecule has 0 spiro atoms. The van der Waals surface area contributed by atoms with Crippen molar-refractivity contribution in [2.75, 3.05) is 19.6 Å². The molecule has 0 aliphatic carbocycles. The summed E-state index contributed by atoms with van der Waals surface area (Å²) in [4.78, 5) is 18.0. The number of aromatic nitrogens is 2. The van der Waals surface area contributed by atoms with Crippen molar-refractivity contribution < 1.29 is 4.79 Å². The number of carbonyl (C=O) groups is 1. The monoisotopic (exact) mass is 236 g/mol. The Labute approximate surface area is 102 Å². The van der Waals surface area contributed by atoms with Gasteiger partial charge in [0.2, 0.25) is 5.91 Å². The van der Waals surface area contributed by atoms with Crippen molar-refractivity contribution in [2.24, 2.45) is 0 Å². The lowest BCUT2D eigenvalue weighted by Crippen LogP contribution is -2.36. The molecule has 2 heterocycles. The first-order valence-electron chi connectivity index (χ1n) is 6.29. The zero-order valence-corrected chi connectivity index (χ0v) is 10.4. The predicted octanol–water partition coefficient (Wildman–Crippen LogP) is 0.615. The number of rotatable bonds is 5. The summed E-state index contributed by atoms with van der Waals surface area (Å²) in [7, 11) is 0. The SMILES string of the molecule is CCn1ccnc1CNCC(=O)N1CCCC1. The summed E-state index contributed by atoms with van der Waals surface area (Å²) in [5, 5.41) is 3.16. The van der Waals surface area contributed by atoms with E-state index >= 15 is 0 Å². The molecule has 1 N–H and O–H groups in total. The zero-order valence-electron chi connectivity index (χ0n) is 10.4. The average Bonchev–Trinajstić information content (AvgIpc) is 2.99. The molecule has 1 aromatic heterocycles. The smallest absolute Gasteiger partial charge is 0.236 e. The average molecular weight is 236 g/mol. The summed E-state index contributed by atoms with van der Waals surface area (Å²) < 4.78 is 2.08. The molecule has 2 rings (SSSR count). The number of nitrogens with one attached hydrogen (secondary N) is 1. The van der Waals surface area contributed by atoms with Crippen molar-refractivity contribution in [2.45, 2.75) is 32.9 Å². The normalized spacial score (nSPS) is 15.5. The van der Waals surface area contributed by atoms with Gasteiger partial charge in [0.15, 0.2) is 0 Å².